The number of alkyl halides is 3. The summed E-state index contributed by atoms with van der Waals surface area (Å²) in [6.45, 7) is -0.302. The second-order valence-electron chi connectivity index (χ2n) is 2.90. The Balaban J connectivity index is 2.93. The van der Waals surface area contributed by atoms with E-state index in [0.717, 1.165) is 13.3 Å². The summed E-state index contributed by atoms with van der Waals surface area (Å²) in [6, 6.07) is 2.56. The number of hydrogen-bond donors (Lipinski definition) is 1. The van der Waals surface area contributed by atoms with Crippen LogP contribution in [-0.2, 0) is 11.3 Å². The number of aliphatic hydroxyl groups excluding tert-OH is 1. The molecule has 0 fully saturated rings. The van der Waals surface area contributed by atoms with Gasteiger partial charge in [-0.25, -0.2) is 0 Å². The van der Waals surface area contributed by atoms with E-state index in [1.165, 1.54) is 12.1 Å². The second-order valence-corrected chi connectivity index (χ2v) is 2.90. The van der Waals surface area contributed by atoms with Crippen LogP contribution < -0.4 is 0 Å². The van der Waals surface area contributed by atoms with Crippen LogP contribution in [0, 0.1) is 0 Å². The fourth-order valence-electron chi connectivity index (χ4n) is 1.14. The molecule has 1 N–H and O–H groups in total. The van der Waals surface area contributed by atoms with Crippen LogP contribution in [0.3, 0.4) is 0 Å². The highest BCUT2D eigenvalue weighted by Crippen LogP contribution is 2.34. The predicted molar refractivity (Wildman–Crippen MR) is 46.0 cm³/mol. The monoisotopic (exact) mass is 221 g/mol. The van der Waals surface area contributed by atoms with Crippen LogP contribution >= 0.6 is 0 Å². The van der Waals surface area contributed by atoms with Crippen molar-refractivity contribution in [3.05, 3.63) is 29.6 Å². The van der Waals surface area contributed by atoms with Crippen molar-refractivity contribution in [1.82, 2.24) is 4.98 Å². The lowest BCUT2D eigenvalue weighted by molar-refractivity contribution is -0.216. The lowest BCUT2D eigenvalue weighted by Gasteiger charge is -2.18. The Bertz CT molecular complexity index is 310. The number of nitrogens with zero attached hydrogens (tertiary/aromatic N) is 1. The molecule has 15 heavy (non-hydrogen) atoms. The zero-order valence-electron chi connectivity index (χ0n) is 7.95. The van der Waals surface area contributed by atoms with E-state index in [4.69, 9.17) is 5.11 Å². The molecular formula is C9H10F3NO2. The predicted octanol–water partition coefficient (Wildman–Crippen LogP) is 1.82. The Kier molecular flexibility index (Phi) is 3.65. The molecule has 1 rings (SSSR count). The van der Waals surface area contributed by atoms with Crippen molar-refractivity contribution >= 4 is 0 Å². The molecule has 1 aromatic rings. The van der Waals surface area contributed by atoms with E-state index in [2.05, 4.69) is 9.72 Å². The van der Waals surface area contributed by atoms with Crippen molar-refractivity contribution in [3.8, 4) is 0 Å². The van der Waals surface area contributed by atoms with Gasteiger partial charge in [0.1, 0.15) is 0 Å². The van der Waals surface area contributed by atoms with Crippen LogP contribution in [0.4, 0.5) is 13.2 Å². The Labute approximate surface area is 84.5 Å². The summed E-state index contributed by atoms with van der Waals surface area (Å²) in [6.07, 6.45) is -5.39. The average Bonchev–Trinajstić information content (AvgIpc) is 2.18. The van der Waals surface area contributed by atoms with Crippen LogP contribution in [0.15, 0.2) is 18.3 Å². The summed E-state index contributed by atoms with van der Waals surface area (Å²) >= 11 is 0. The summed E-state index contributed by atoms with van der Waals surface area (Å²) in [4.78, 5) is 3.65. The molecule has 0 saturated heterocycles. The van der Waals surface area contributed by atoms with Crippen molar-refractivity contribution < 1.29 is 23.0 Å². The van der Waals surface area contributed by atoms with Gasteiger partial charge in [-0.15, -0.1) is 0 Å². The summed E-state index contributed by atoms with van der Waals surface area (Å²) in [5.41, 5.74) is 0.234. The van der Waals surface area contributed by atoms with Crippen molar-refractivity contribution in [1.29, 1.82) is 0 Å². The minimum atomic E-state index is -4.46. The first-order valence-corrected chi connectivity index (χ1v) is 4.14. The van der Waals surface area contributed by atoms with Crippen molar-refractivity contribution in [2.75, 3.05) is 7.11 Å². The van der Waals surface area contributed by atoms with E-state index in [0.29, 0.717) is 5.69 Å². The molecular weight excluding hydrogens is 211 g/mol. The van der Waals surface area contributed by atoms with Crippen LogP contribution in [0.5, 0.6) is 0 Å². The van der Waals surface area contributed by atoms with Crippen LogP contribution in [-0.4, -0.2) is 23.4 Å². The standard InChI is InChI=1S/C9H10F3NO2/c1-15-8(9(10,11)12)6-2-3-7(5-14)13-4-6/h2-4,8,14H,5H2,1H3. The van der Waals surface area contributed by atoms with Crippen LogP contribution in [0.25, 0.3) is 0 Å². The van der Waals surface area contributed by atoms with Crippen molar-refractivity contribution in [2.24, 2.45) is 0 Å². The number of ether oxygens (including phenoxy) is 1. The molecule has 1 unspecified atom stereocenters. The van der Waals surface area contributed by atoms with E-state index in [1.807, 2.05) is 0 Å². The van der Waals surface area contributed by atoms with E-state index >= 15 is 0 Å². The molecule has 0 spiro atoms. The molecule has 1 heterocycles. The Morgan fingerprint density at radius 1 is 1.47 bits per heavy atom. The number of aromatic nitrogens is 1. The van der Waals surface area contributed by atoms with Gasteiger partial charge in [0, 0.05) is 18.9 Å². The van der Waals surface area contributed by atoms with Crippen molar-refractivity contribution in [2.45, 2.75) is 18.9 Å². The van der Waals surface area contributed by atoms with E-state index in [1.54, 1.807) is 0 Å². The highest BCUT2D eigenvalue weighted by molar-refractivity contribution is 5.17. The van der Waals surface area contributed by atoms with E-state index < -0.39 is 12.3 Å². The Morgan fingerprint density at radius 3 is 2.47 bits per heavy atom. The molecule has 84 valence electrons. The normalized spacial score (nSPS) is 13.9. The molecule has 0 aliphatic heterocycles. The first-order chi connectivity index (χ1) is 6.99. The minimum Gasteiger partial charge on any atom is -0.390 e. The first-order valence-electron chi connectivity index (χ1n) is 4.14. The van der Waals surface area contributed by atoms with Crippen LogP contribution in [0.1, 0.15) is 17.4 Å². The molecule has 6 heteroatoms. The average molecular weight is 221 g/mol. The fourth-order valence-corrected chi connectivity index (χ4v) is 1.14. The zero-order chi connectivity index (χ0) is 11.5. The molecule has 0 radical (unpaired) electrons. The van der Waals surface area contributed by atoms with E-state index in [-0.39, 0.29) is 12.2 Å². The molecule has 0 aliphatic rings. The fraction of sp³-hybridized carbons (Fsp3) is 0.444. The molecule has 1 atom stereocenters. The summed E-state index contributed by atoms with van der Waals surface area (Å²) < 4.78 is 41.5. The van der Waals surface area contributed by atoms with Gasteiger partial charge in [0.15, 0.2) is 6.10 Å². The highest BCUT2D eigenvalue weighted by Gasteiger charge is 2.41. The summed E-state index contributed by atoms with van der Waals surface area (Å²) in [7, 11) is 0.984. The van der Waals surface area contributed by atoms with Gasteiger partial charge >= 0.3 is 6.18 Å². The summed E-state index contributed by atoms with van der Waals surface area (Å²) in [5.74, 6) is 0. The molecule has 0 bridgehead atoms. The lowest BCUT2D eigenvalue weighted by atomic mass is 10.1. The van der Waals surface area contributed by atoms with Crippen LogP contribution in [0.2, 0.25) is 0 Å². The van der Waals surface area contributed by atoms with Gasteiger partial charge in [0.2, 0.25) is 0 Å². The van der Waals surface area contributed by atoms with E-state index in [9.17, 15) is 13.2 Å². The van der Waals surface area contributed by atoms with Crippen molar-refractivity contribution in [3.63, 3.8) is 0 Å². The van der Waals surface area contributed by atoms with Gasteiger partial charge < -0.3 is 9.84 Å². The number of methoxy groups -OCH3 is 1. The molecule has 1 aromatic heterocycles. The van der Waals surface area contributed by atoms with Gasteiger partial charge in [0.25, 0.3) is 0 Å². The minimum absolute atomic E-state index is 0.0813. The molecule has 0 saturated carbocycles. The maximum Gasteiger partial charge on any atom is 0.418 e. The molecule has 0 aromatic carbocycles. The number of rotatable bonds is 3. The second kappa shape index (κ2) is 4.59. The maximum absolute atomic E-state index is 12.4. The quantitative estimate of drug-likeness (QED) is 0.846. The summed E-state index contributed by atoms with van der Waals surface area (Å²) in [5, 5.41) is 8.67. The number of aliphatic hydroxyl groups is 1. The number of hydrogen-bond acceptors (Lipinski definition) is 3. The third kappa shape index (κ3) is 2.90. The van der Waals surface area contributed by atoms with Gasteiger partial charge in [-0.1, -0.05) is 6.07 Å². The zero-order valence-corrected chi connectivity index (χ0v) is 7.95. The maximum atomic E-state index is 12.4. The number of halogens is 3. The Morgan fingerprint density at radius 2 is 2.13 bits per heavy atom. The van der Waals surface area contributed by atoms with Gasteiger partial charge in [0.05, 0.1) is 12.3 Å². The largest absolute Gasteiger partial charge is 0.418 e. The smallest absolute Gasteiger partial charge is 0.390 e. The first kappa shape index (κ1) is 11.9. The van der Waals surface area contributed by atoms with Gasteiger partial charge in [-0.05, 0) is 6.07 Å². The molecule has 3 nitrogen and oxygen atoms in total. The number of pyridine rings is 1. The topological polar surface area (TPSA) is 42.4 Å². The third-order valence-electron chi connectivity index (χ3n) is 1.85. The van der Waals surface area contributed by atoms with Gasteiger partial charge in [-0.3, -0.25) is 4.98 Å². The SMILES string of the molecule is COC(c1ccc(CO)nc1)C(F)(F)F. The molecule has 0 aliphatic carbocycles. The van der Waals surface area contributed by atoms with Gasteiger partial charge in [-0.2, -0.15) is 13.2 Å². The Hall–Kier alpha value is -1.14. The molecule has 0 amide bonds. The lowest BCUT2D eigenvalue weighted by Crippen LogP contribution is -2.22. The third-order valence-corrected chi connectivity index (χ3v) is 1.85. The highest BCUT2D eigenvalue weighted by atomic mass is 19.4.